The molecule has 148 valence electrons. The Bertz CT molecular complexity index is 988. The van der Waals surface area contributed by atoms with Crippen LogP contribution in [0.25, 0.3) is 16.1 Å². The van der Waals surface area contributed by atoms with Crippen LogP contribution in [0.4, 0.5) is 4.79 Å². The Morgan fingerprint density at radius 3 is 2.86 bits per heavy atom. The van der Waals surface area contributed by atoms with Crippen LogP contribution in [0.15, 0.2) is 29.8 Å². The Morgan fingerprint density at radius 1 is 1.32 bits per heavy atom. The number of piperidine rings is 1. The molecule has 0 radical (unpaired) electrons. The van der Waals surface area contributed by atoms with E-state index in [0.29, 0.717) is 6.54 Å². The summed E-state index contributed by atoms with van der Waals surface area (Å²) in [5.74, 6) is 0.210. The summed E-state index contributed by atoms with van der Waals surface area (Å²) in [7, 11) is 0. The zero-order valence-corrected chi connectivity index (χ0v) is 17.6. The van der Waals surface area contributed by atoms with Crippen molar-refractivity contribution in [1.29, 1.82) is 0 Å². The number of rotatable bonds is 2. The lowest BCUT2D eigenvalue weighted by Gasteiger charge is -2.34. The molecule has 6 nitrogen and oxygen atoms in total. The molecule has 1 atom stereocenters. The maximum Gasteiger partial charge on any atom is 0.410 e. The Kier molecular flexibility index (Phi) is 4.87. The van der Waals surface area contributed by atoms with Crippen molar-refractivity contribution >= 4 is 23.1 Å². The molecule has 3 aromatic heterocycles. The van der Waals surface area contributed by atoms with E-state index < -0.39 is 5.60 Å². The van der Waals surface area contributed by atoms with E-state index in [0.717, 1.165) is 42.0 Å². The van der Waals surface area contributed by atoms with E-state index in [-0.39, 0.29) is 12.0 Å². The summed E-state index contributed by atoms with van der Waals surface area (Å²) in [5.41, 5.74) is 3.57. The van der Waals surface area contributed by atoms with Crippen molar-refractivity contribution in [2.24, 2.45) is 0 Å². The predicted molar refractivity (Wildman–Crippen MR) is 111 cm³/mol. The van der Waals surface area contributed by atoms with Crippen LogP contribution in [-0.2, 0) is 4.74 Å². The van der Waals surface area contributed by atoms with Gasteiger partial charge in [0.15, 0.2) is 5.65 Å². The zero-order valence-electron chi connectivity index (χ0n) is 16.8. The number of aryl methyl sites for hydroxylation is 1. The normalized spacial score (nSPS) is 17.9. The van der Waals surface area contributed by atoms with Crippen LogP contribution in [0.1, 0.15) is 50.9 Å². The number of amides is 1. The van der Waals surface area contributed by atoms with E-state index >= 15 is 0 Å². The molecule has 1 amide bonds. The van der Waals surface area contributed by atoms with Crippen LogP contribution >= 0.6 is 11.3 Å². The molecule has 0 saturated carbocycles. The van der Waals surface area contributed by atoms with E-state index in [9.17, 15) is 4.79 Å². The van der Waals surface area contributed by atoms with E-state index in [4.69, 9.17) is 9.84 Å². The topological polar surface area (TPSA) is 59.7 Å². The fraction of sp³-hybridized carbons (Fsp3) is 0.476. The third-order valence-corrected chi connectivity index (χ3v) is 5.87. The first-order chi connectivity index (χ1) is 13.3. The molecule has 28 heavy (non-hydrogen) atoms. The summed E-state index contributed by atoms with van der Waals surface area (Å²) >= 11 is 1.70. The minimum Gasteiger partial charge on any atom is -0.444 e. The number of carbonyl (C=O) groups is 1. The lowest BCUT2D eigenvalue weighted by atomic mass is 9.94. The van der Waals surface area contributed by atoms with Gasteiger partial charge in [0.1, 0.15) is 5.60 Å². The molecule has 1 aliphatic rings. The predicted octanol–water partition coefficient (Wildman–Crippen LogP) is 4.88. The largest absolute Gasteiger partial charge is 0.444 e. The fourth-order valence-electron chi connectivity index (χ4n) is 3.80. The van der Waals surface area contributed by atoms with Gasteiger partial charge in [-0.25, -0.2) is 14.3 Å². The van der Waals surface area contributed by atoms with Gasteiger partial charge >= 0.3 is 6.09 Å². The third kappa shape index (κ3) is 3.63. The number of nitrogens with zero attached hydrogens (tertiary/aromatic N) is 4. The first-order valence-corrected chi connectivity index (χ1v) is 10.6. The molecule has 4 rings (SSSR count). The number of hydrogen-bond donors (Lipinski definition) is 0. The second kappa shape index (κ2) is 7.20. The number of thiophene rings is 1. The molecule has 0 unspecified atom stereocenters. The summed E-state index contributed by atoms with van der Waals surface area (Å²) < 4.78 is 7.54. The van der Waals surface area contributed by atoms with Gasteiger partial charge < -0.3 is 9.64 Å². The van der Waals surface area contributed by atoms with E-state index in [1.165, 1.54) is 4.88 Å². The van der Waals surface area contributed by atoms with E-state index in [1.54, 1.807) is 11.3 Å². The molecule has 0 N–H and O–H groups in total. The Balaban J connectivity index is 1.66. The van der Waals surface area contributed by atoms with Gasteiger partial charge in [0, 0.05) is 30.1 Å². The SMILES string of the molecule is Cc1nn2c([C@H]3CCCN(C(=O)OC(C)(C)C)C3)ccnc2c1-c1cccs1. The van der Waals surface area contributed by atoms with Gasteiger partial charge in [-0.2, -0.15) is 5.10 Å². The second-order valence-corrected chi connectivity index (χ2v) is 9.26. The van der Waals surface area contributed by atoms with Crippen molar-refractivity contribution in [3.05, 3.63) is 41.2 Å². The minimum absolute atomic E-state index is 0.210. The van der Waals surface area contributed by atoms with Crippen LogP contribution in [0.5, 0.6) is 0 Å². The first kappa shape index (κ1) is 18.9. The summed E-state index contributed by atoms with van der Waals surface area (Å²) in [6.07, 6.45) is 3.59. The molecule has 3 aromatic rings. The quantitative estimate of drug-likeness (QED) is 0.617. The van der Waals surface area contributed by atoms with Crippen LogP contribution in [-0.4, -0.2) is 44.3 Å². The Morgan fingerprint density at radius 2 is 2.14 bits per heavy atom. The molecule has 0 aromatic carbocycles. The molecule has 1 fully saturated rings. The van der Waals surface area contributed by atoms with Gasteiger partial charge in [-0.05, 0) is 58.0 Å². The number of fused-ring (bicyclic) bond motifs is 1. The third-order valence-electron chi connectivity index (χ3n) is 4.98. The number of aromatic nitrogens is 3. The summed E-state index contributed by atoms with van der Waals surface area (Å²) in [6, 6.07) is 6.18. The monoisotopic (exact) mass is 398 g/mol. The minimum atomic E-state index is -0.483. The van der Waals surface area contributed by atoms with Crippen molar-refractivity contribution < 1.29 is 9.53 Å². The number of likely N-dealkylation sites (tertiary alicyclic amines) is 1. The molecule has 4 heterocycles. The average Bonchev–Trinajstić information content (AvgIpc) is 3.26. The fourth-order valence-corrected chi connectivity index (χ4v) is 4.62. The van der Waals surface area contributed by atoms with Crippen molar-refractivity contribution in [2.75, 3.05) is 13.1 Å². The van der Waals surface area contributed by atoms with Crippen LogP contribution < -0.4 is 0 Å². The maximum absolute atomic E-state index is 12.5. The highest BCUT2D eigenvalue weighted by molar-refractivity contribution is 7.13. The van der Waals surface area contributed by atoms with Gasteiger partial charge in [-0.1, -0.05) is 6.07 Å². The lowest BCUT2D eigenvalue weighted by Crippen LogP contribution is -2.42. The number of ether oxygens (including phenoxy) is 1. The first-order valence-electron chi connectivity index (χ1n) is 9.69. The summed E-state index contributed by atoms with van der Waals surface area (Å²) in [6.45, 7) is 9.10. The molecular formula is C21H26N4O2S. The maximum atomic E-state index is 12.5. The standard InChI is InChI=1S/C21H26N4O2S/c1-14-18(17-8-6-12-28-17)19-22-10-9-16(25(19)23-14)15-7-5-11-24(13-15)20(26)27-21(2,3)4/h6,8-10,12,15H,5,7,11,13H2,1-4H3/t15-/m0/s1. The molecule has 0 spiro atoms. The molecular weight excluding hydrogens is 372 g/mol. The molecule has 1 saturated heterocycles. The van der Waals surface area contributed by atoms with Crippen molar-refractivity contribution in [3.8, 4) is 10.4 Å². The highest BCUT2D eigenvalue weighted by Gasteiger charge is 2.30. The highest BCUT2D eigenvalue weighted by atomic mass is 32.1. The Labute approximate surface area is 169 Å². The number of carbonyl (C=O) groups excluding carboxylic acids is 1. The van der Waals surface area contributed by atoms with Gasteiger partial charge in [0.25, 0.3) is 0 Å². The van der Waals surface area contributed by atoms with Gasteiger partial charge in [0.05, 0.1) is 17.0 Å². The van der Waals surface area contributed by atoms with Crippen LogP contribution in [0.3, 0.4) is 0 Å². The second-order valence-electron chi connectivity index (χ2n) is 8.31. The van der Waals surface area contributed by atoms with Gasteiger partial charge in [-0.3, -0.25) is 0 Å². The van der Waals surface area contributed by atoms with Crippen molar-refractivity contribution in [3.63, 3.8) is 0 Å². The molecule has 1 aliphatic heterocycles. The zero-order chi connectivity index (χ0) is 19.9. The van der Waals surface area contributed by atoms with Gasteiger partial charge in [-0.15, -0.1) is 11.3 Å². The highest BCUT2D eigenvalue weighted by Crippen LogP contribution is 2.34. The van der Waals surface area contributed by atoms with Crippen LogP contribution in [0.2, 0.25) is 0 Å². The Hall–Kier alpha value is -2.41. The smallest absolute Gasteiger partial charge is 0.410 e. The van der Waals surface area contributed by atoms with Crippen molar-refractivity contribution in [2.45, 2.75) is 52.1 Å². The van der Waals surface area contributed by atoms with E-state index in [2.05, 4.69) is 16.4 Å². The molecule has 0 bridgehead atoms. The average molecular weight is 399 g/mol. The number of hydrogen-bond acceptors (Lipinski definition) is 5. The van der Waals surface area contributed by atoms with Crippen LogP contribution in [0, 0.1) is 6.92 Å². The lowest BCUT2D eigenvalue weighted by molar-refractivity contribution is 0.0196. The summed E-state index contributed by atoms with van der Waals surface area (Å²) in [4.78, 5) is 20.2. The van der Waals surface area contributed by atoms with Crippen molar-refractivity contribution in [1.82, 2.24) is 19.5 Å². The van der Waals surface area contributed by atoms with E-state index in [1.807, 2.05) is 55.4 Å². The summed E-state index contributed by atoms with van der Waals surface area (Å²) in [5, 5.41) is 6.87. The van der Waals surface area contributed by atoms with Gasteiger partial charge in [0.2, 0.25) is 0 Å². The molecule has 7 heteroatoms. The molecule has 0 aliphatic carbocycles.